The Bertz CT molecular complexity index is 720. The first kappa shape index (κ1) is 18.2. The number of nitrogens with one attached hydrogen (secondary N) is 1. The Morgan fingerprint density at radius 1 is 1.35 bits per heavy atom. The zero-order chi connectivity index (χ0) is 18.8. The molecule has 1 fully saturated rings. The topological polar surface area (TPSA) is 95.7 Å². The van der Waals surface area contributed by atoms with Crippen LogP contribution in [0, 0.1) is 11.8 Å². The summed E-state index contributed by atoms with van der Waals surface area (Å²) in [5.74, 6) is -0.835. The molecule has 3 unspecified atom stereocenters. The standard InChI is InChI=1S/C19H26N4O3/c1-3-12(2)16-18(25)21-15-7-5-4-6-13(15)11-23(16)19(26)22-9-8-14(10-22)17(20)24/h4-7,12,14,16H,3,8-11H2,1-2H3,(H2,20,24)(H,21,25). The highest BCUT2D eigenvalue weighted by Gasteiger charge is 2.40. The van der Waals surface area contributed by atoms with Crippen LogP contribution in [0.5, 0.6) is 0 Å². The summed E-state index contributed by atoms with van der Waals surface area (Å²) in [6, 6.07) is 6.79. The number of para-hydroxylation sites is 1. The fourth-order valence-corrected chi connectivity index (χ4v) is 3.73. The van der Waals surface area contributed by atoms with E-state index < -0.39 is 6.04 Å². The van der Waals surface area contributed by atoms with E-state index in [9.17, 15) is 14.4 Å². The van der Waals surface area contributed by atoms with E-state index in [1.807, 2.05) is 38.1 Å². The Morgan fingerprint density at radius 3 is 2.73 bits per heavy atom. The number of anilines is 1. The summed E-state index contributed by atoms with van der Waals surface area (Å²) in [6.07, 6.45) is 1.35. The number of benzene rings is 1. The van der Waals surface area contributed by atoms with Gasteiger partial charge in [0.05, 0.1) is 12.5 Å². The average molecular weight is 358 g/mol. The van der Waals surface area contributed by atoms with Crippen molar-refractivity contribution >= 4 is 23.5 Å². The number of carbonyl (C=O) groups excluding carboxylic acids is 3. The van der Waals surface area contributed by atoms with Gasteiger partial charge < -0.3 is 20.9 Å². The Kier molecular flexibility index (Phi) is 5.15. The maximum atomic E-state index is 13.2. The summed E-state index contributed by atoms with van der Waals surface area (Å²) < 4.78 is 0. The second-order valence-electron chi connectivity index (χ2n) is 7.22. The van der Waals surface area contributed by atoms with E-state index in [4.69, 9.17) is 5.73 Å². The number of hydrogen-bond donors (Lipinski definition) is 2. The average Bonchev–Trinajstić information content (AvgIpc) is 3.06. The Labute approximate surface area is 153 Å². The van der Waals surface area contributed by atoms with Gasteiger partial charge in [0.2, 0.25) is 11.8 Å². The van der Waals surface area contributed by atoms with Gasteiger partial charge in [-0.25, -0.2) is 4.79 Å². The molecule has 1 saturated heterocycles. The summed E-state index contributed by atoms with van der Waals surface area (Å²) >= 11 is 0. The summed E-state index contributed by atoms with van der Waals surface area (Å²) in [5, 5.41) is 2.96. The van der Waals surface area contributed by atoms with Crippen molar-refractivity contribution in [2.24, 2.45) is 17.6 Å². The molecule has 1 aromatic carbocycles. The fourth-order valence-electron chi connectivity index (χ4n) is 3.73. The molecule has 2 aliphatic heterocycles. The number of amides is 4. The summed E-state index contributed by atoms with van der Waals surface area (Å²) in [4.78, 5) is 40.8. The molecule has 26 heavy (non-hydrogen) atoms. The molecule has 0 bridgehead atoms. The van der Waals surface area contributed by atoms with Crippen LogP contribution >= 0.6 is 0 Å². The predicted molar refractivity (Wildman–Crippen MR) is 98.1 cm³/mol. The minimum atomic E-state index is -0.549. The van der Waals surface area contributed by atoms with Crippen LogP contribution in [0.15, 0.2) is 24.3 Å². The normalized spacial score (nSPS) is 23.8. The van der Waals surface area contributed by atoms with Gasteiger partial charge in [0, 0.05) is 18.8 Å². The smallest absolute Gasteiger partial charge is 0.321 e. The Morgan fingerprint density at radius 2 is 2.08 bits per heavy atom. The van der Waals surface area contributed by atoms with Gasteiger partial charge in [-0.2, -0.15) is 0 Å². The van der Waals surface area contributed by atoms with E-state index in [2.05, 4.69) is 5.32 Å². The van der Waals surface area contributed by atoms with Gasteiger partial charge in [0.25, 0.3) is 0 Å². The van der Waals surface area contributed by atoms with Crippen molar-refractivity contribution in [3.8, 4) is 0 Å². The van der Waals surface area contributed by atoms with Gasteiger partial charge in [-0.05, 0) is 24.0 Å². The lowest BCUT2D eigenvalue weighted by molar-refractivity contribution is -0.123. The maximum Gasteiger partial charge on any atom is 0.321 e. The van der Waals surface area contributed by atoms with Crippen LogP contribution in [0.3, 0.4) is 0 Å². The summed E-state index contributed by atoms with van der Waals surface area (Å²) in [7, 11) is 0. The third-order valence-electron chi connectivity index (χ3n) is 5.51. The minimum absolute atomic E-state index is 0.0165. The molecule has 7 heteroatoms. The molecule has 0 saturated carbocycles. The van der Waals surface area contributed by atoms with Gasteiger partial charge in [0.1, 0.15) is 6.04 Å². The van der Waals surface area contributed by atoms with Crippen LogP contribution in [0.2, 0.25) is 0 Å². The van der Waals surface area contributed by atoms with Crippen molar-refractivity contribution in [1.29, 1.82) is 0 Å². The number of nitrogens with two attached hydrogens (primary N) is 1. The molecule has 2 aliphatic rings. The number of nitrogens with zero attached hydrogens (tertiary/aromatic N) is 2. The van der Waals surface area contributed by atoms with Gasteiger partial charge in [-0.3, -0.25) is 9.59 Å². The summed E-state index contributed by atoms with van der Waals surface area (Å²) in [5.41, 5.74) is 7.05. The van der Waals surface area contributed by atoms with E-state index >= 15 is 0 Å². The van der Waals surface area contributed by atoms with Crippen LogP contribution in [0.4, 0.5) is 10.5 Å². The van der Waals surface area contributed by atoms with Gasteiger partial charge >= 0.3 is 6.03 Å². The SMILES string of the molecule is CCC(C)C1C(=O)Nc2ccccc2CN1C(=O)N1CCC(C(N)=O)C1. The second-order valence-corrected chi connectivity index (χ2v) is 7.22. The van der Waals surface area contributed by atoms with Crippen LogP contribution < -0.4 is 11.1 Å². The molecular formula is C19H26N4O3. The van der Waals surface area contributed by atoms with Crippen LogP contribution in [-0.4, -0.2) is 46.8 Å². The number of primary amides is 1. The number of urea groups is 1. The van der Waals surface area contributed by atoms with Crippen LogP contribution in [0.25, 0.3) is 0 Å². The lowest BCUT2D eigenvalue weighted by Crippen LogP contribution is -2.53. The number of rotatable bonds is 3. The molecule has 3 N–H and O–H groups in total. The number of fused-ring (bicyclic) bond motifs is 1. The highest BCUT2D eigenvalue weighted by Crippen LogP contribution is 2.29. The van der Waals surface area contributed by atoms with Gasteiger partial charge in [-0.1, -0.05) is 38.5 Å². The minimum Gasteiger partial charge on any atom is -0.369 e. The van der Waals surface area contributed by atoms with Crippen LogP contribution in [-0.2, 0) is 16.1 Å². The van der Waals surface area contributed by atoms with Gasteiger partial charge in [-0.15, -0.1) is 0 Å². The second kappa shape index (κ2) is 7.35. The highest BCUT2D eigenvalue weighted by atomic mass is 16.2. The molecule has 0 aliphatic carbocycles. The molecule has 0 aromatic heterocycles. The monoisotopic (exact) mass is 358 g/mol. The van der Waals surface area contributed by atoms with Gasteiger partial charge in [0.15, 0.2) is 0 Å². The van der Waals surface area contributed by atoms with E-state index in [0.29, 0.717) is 26.1 Å². The predicted octanol–water partition coefficient (Wildman–Crippen LogP) is 1.78. The number of likely N-dealkylation sites (tertiary alicyclic amines) is 1. The largest absolute Gasteiger partial charge is 0.369 e. The third kappa shape index (κ3) is 3.38. The Balaban J connectivity index is 1.91. The van der Waals surface area contributed by atoms with Crippen molar-refractivity contribution in [3.63, 3.8) is 0 Å². The van der Waals surface area contributed by atoms with E-state index in [1.54, 1.807) is 9.80 Å². The van der Waals surface area contributed by atoms with Crippen molar-refractivity contribution < 1.29 is 14.4 Å². The lowest BCUT2D eigenvalue weighted by atomic mass is 9.97. The first-order chi connectivity index (χ1) is 12.4. The van der Waals surface area contributed by atoms with Crippen molar-refractivity contribution in [1.82, 2.24) is 9.80 Å². The zero-order valence-electron chi connectivity index (χ0n) is 15.3. The lowest BCUT2D eigenvalue weighted by Gasteiger charge is -2.35. The number of carbonyl (C=O) groups is 3. The molecule has 0 spiro atoms. The maximum absolute atomic E-state index is 13.2. The van der Waals surface area contributed by atoms with E-state index in [0.717, 1.165) is 17.7 Å². The zero-order valence-corrected chi connectivity index (χ0v) is 15.3. The molecule has 1 aromatic rings. The first-order valence-corrected chi connectivity index (χ1v) is 9.16. The van der Waals surface area contributed by atoms with E-state index in [-0.39, 0.29) is 29.7 Å². The molecule has 3 rings (SSSR count). The molecule has 140 valence electrons. The first-order valence-electron chi connectivity index (χ1n) is 9.16. The fraction of sp³-hybridized carbons (Fsp3) is 0.526. The third-order valence-corrected chi connectivity index (χ3v) is 5.51. The summed E-state index contributed by atoms with van der Waals surface area (Å²) in [6.45, 7) is 5.16. The molecule has 2 heterocycles. The van der Waals surface area contributed by atoms with Crippen molar-refractivity contribution in [2.75, 3.05) is 18.4 Å². The molecular weight excluding hydrogens is 332 g/mol. The molecule has 4 amide bonds. The van der Waals surface area contributed by atoms with Crippen molar-refractivity contribution in [2.45, 2.75) is 39.3 Å². The Hall–Kier alpha value is -2.57. The molecule has 3 atom stereocenters. The quantitative estimate of drug-likeness (QED) is 0.862. The highest BCUT2D eigenvalue weighted by molar-refractivity contribution is 5.99. The molecule has 0 radical (unpaired) electrons. The molecule has 7 nitrogen and oxygen atoms in total. The van der Waals surface area contributed by atoms with Crippen LogP contribution in [0.1, 0.15) is 32.3 Å². The number of hydrogen-bond acceptors (Lipinski definition) is 3. The van der Waals surface area contributed by atoms with E-state index in [1.165, 1.54) is 0 Å². The van der Waals surface area contributed by atoms with Crippen molar-refractivity contribution in [3.05, 3.63) is 29.8 Å².